The number of halogens is 2. The van der Waals surface area contributed by atoms with Gasteiger partial charge in [0.1, 0.15) is 10.7 Å². The van der Waals surface area contributed by atoms with Crippen molar-refractivity contribution in [2.75, 3.05) is 10.2 Å². The van der Waals surface area contributed by atoms with Gasteiger partial charge in [0.15, 0.2) is 0 Å². The Kier molecular flexibility index (Phi) is 4.64. The predicted molar refractivity (Wildman–Crippen MR) is 104 cm³/mol. The van der Waals surface area contributed by atoms with Crippen molar-refractivity contribution in [2.45, 2.75) is 13.8 Å². The molecule has 1 heterocycles. The Morgan fingerprint density at radius 1 is 1.00 bits per heavy atom. The molecular formula is C18H14ClIN2O2. The molecule has 1 aliphatic rings. The lowest BCUT2D eigenvalue weighted by molar-refractivity contribution is -0.120. The van der Waals surface area contributed by atoms with E-state index >= 15 is 0 Å². The van der Waals surface area contributed by atoms with Gasteiger partial charge in [-0.05, 0) is 72.3 Å². The van der Waals surface area contributed by atoms with Crippen molar-refractivity contribution in [1.29, 1.82) is 0 Å². The molecule has 0 saturated carbocycles. The second kappa shape index (κ2) is 6.57. The zero-order valence-electron chi connectivity index (χ0n) is 13.1. The summed E-state index contributed by atoms with van der Waals surface area (Å²) in [6.45, 7) is 3.92. The van der Waals surface area contributed by atoms with Crippen molar-refractivity contribution in [3.05, 3.63) is 67.9 Å². The first-order valence-electron chi connectivity index (χ1n) is 7.27. The van der Waals surface area contributed by atoms with Crippen LogP contribution in [-0.4, -0.2) is 11.8 Å². The maximum absolute atomic E-state index is 12.7. The number of hydrogen-bond acceptors (Lipinski definition) is 3. The van der Waals surface area contributed by atoms with Gasteiger partial charge in [0.25, 0.3) is 11.8 Å². The molecule has 24 heavy (non-hydrogen) atoms. The molecule has 6 heteroatoms. The van der Waals surface area contributed by atoms with Crippen LogP contribution in [0.2, 0.25) is 0 Å². The number of carbonyl (C=O) groups is 2. The molecule has 3 rings (SSSR count). The minimum Gasteiger partial charge on any atom is -0.349 e. The molecule has 0 unspecified atom stereocenters. The SMILES string of the molecule is Cc1ccc(NC2=C(Cl)C(=O)N(c3ccc(I)cc3)C2=O)c(C)c1. The number of carbonyl (C=O) groups excluding carboxylic acids is 2. The maximum Gasteiger partial charge on any atom is 0.283 e. The molecule has 2 aromatic rings. The number of rotatable bonds is 3. The van der Waals surface area contributed by atoms with Gasteiger partial charge in [-0.2, -0.15) is 0 Å². The zero-order chi connectivity index (χ0) is 17.4. The van der Waals surface area contributed by atoms with Crippen LogP contribution in [0, 0.1) is 17.4 Å². The van der Waals surface area contributed by atoms with Gasteiger partial charge in [0.05, 0.1) is 5.69 Å². The topological polar surface area (TPSA) is 49.4 Å². The smallest absolute Gasteiger partial charge is 0.283 e. The normalized spacial score (nSPS) is 14.6. The van der Waals surface area contributed by atoms with E-state index in [0.717, 1.165) is 25.3 Å². The summed E-state index contributed by atoms with van der Waals surface area (Å²) < 4.78 is 1.02. The third-order valence-electron chi connectivity index (χ3n) is 3.75. The largest absolute Gasteiger partial charge is 0.349 e. The minimum absolute atomic E-state index is 0.0986. The Bertz CT molecular complexity index is 875. The van der Waals surface area contributed by atoms with Crippen LogP contribution in [0.4, 0.5) is 11.4 Å². The van der Waals surface area contributed by atoms with Gasteiger partial charge in [-0.15, -0.1) is 0 Å². The highest BCUT2D eigenvalue weighted by atomic mass is 127. The van der Waals surface area contributed by atoms with E-state index in [0.29, 0.717) is 5.69 Å². The van der Waals surface area contributed by atoms with Crippen LogP contribution in [0.15, 0.2) is 53.2 Å². The van der Waals surface area contributed by atoms with Crippen LogP contribution < -0.4 is 10.2 Å². The van der Waals surface area contributed by atoms with Gasteiger partial charge in [0.2, 0.25) is 0 Å². The Morgan fingerprint density at radius 3 is 2.29 bits per heavy atom. The van der Waals surface area contributed by atoms with Gasteiger partial charge in [-0.3, -0.25) is 9.59 Å². The van der Waals surface area contributed by atoms with Crippen molar-refractivity contribution in [1.82, 2.24) is 0 Å². The summed E-state index contributed by atoms with van der Waals surface area (Å²) in [6, 6.07) is 12.9. The van der Waals surface area contributed by atoms with Crippen LogP contribution in [0.1, 0.15) is 11.1 Å². The Hall–Kier alpha value is -1.86. The van der Waals surface area contributed by atoms with Crippen LogP contribution in [0.25, 0.3) is 0 Å². The van der Waals surface area contributed by atoms with E-state index in [1.807, 2.05) is 44.2 Å². The first-order valence-corrected chi connectivity index (χ1v) is 8.72. The fourth-order valence-corrected chi connectivity index (χ4v) is 3.10. The Morgan fingerprint density at radius 2 is 1.67 bits per heavy atom. The highest BCUT2D eigenvalue weighted by molar-refractivity contribution is 14.1. The maximum atomic E-state index is 12.7. The molecular weight excluding hydrogens is 439 g/mol. The predicted octanol–water partition coefficient (Wildman–Crippen LogP) is 4.34. The van der Waals surface area contributed by atoms with E-state index in [9.17, 15) is 9.59 Å². The lowest BCUT2D eigenvalue weighted by Crippen LogP contribution is -2.32. The lowest BCUT2D eigenvalue weighted by Gasteiger charge is -2.15. The van der Waals surface area contributed by atoms with Crippen LogP contribution in [-0.2, 0) is 9.59 Å². The standard InChI is InChI=1S/C18H14ClIN2O2/c1-10-3-8-14(11(2)9-10)21-16-15(19)17(23)22(18(16)24)13-6-4-12(20)5-7-13/h3-9,21H,1-2H3. The van der Waals surface area contributed by atoms with Crippen molar-refractivity contribution < 1.29 is 9.59 Å². The summed E-state index contributed by atoms with van der Waals surface area (Å²) in [4.78, 5) is 26.2. The monoisotopic (exact) mass is 452 g/mol. The van der Waals surface area contributed by atoms with E-state index in [2.05, 4.69) is 27.9 Å². The van der Waals surface area contributed by atoms with Gasteiger partial charge in [0, 0.05) is 9.26 Å². The average Bonchev–Trinajstić information content (AvgIpc) is 2.74. The number of imide groups is 1. The second-order valence-electron chi connectivity index (χ2n) is 5.55. The summed E-state index contributed by atoms with van der Waals surface area (Å²) in [7, 11) is 0. The molecule has 0 aliphatic carbocycles. The molecule has 2 amide bonds. The first-order chi connectivity index (χ1) is 11.4. The average molecular weight is 453 g/mol. The van der Waals surface area contributed by atoms with Crippen molar-refractivity contribution >= 4 is 57.4 Å². The molecule has 0 fully saturated rings. The summed E-state index contributed by atoms with van der Waals surface area (Å²) >= 11 is 8.30. The third kappa shape index (κ3) is 3.06. The second-order valence-corrected chi connectivity index (χ2v) is 7.18. The Balaban J connectivity index is 1.93. The molecule has 122 valence electrons. The number of nitrogens with zero attached hydrogens (tertiary/aromatic N) is 1. The van der Waals surface area contributed by atoms with Gasteiger partial charge in [-0.1, -0.05) is 29.3 Å². The molecule has 0 saturated heterocycles. The quantitative estimate of drug-likeness (QED) is 0.557. The van der Waals surface area contributed by atoms with Gasteiger partial charge < -0.3 is 5.32 Å². The van der Waals surface area contributed by atoms with Crippen LogP contribution in [0.5, 0.6) is 0 Å². The molecule has 1 N–H and O–H groups in total. The Labute approximate surface area is 158 Å². The number of amides is 2. The fraction of sp³-hybridized carbons (Fsp3) is 0.111. The number of hydrogen-bond donors (Lipinski definition) is 1. The zero-order valence-corrected chi connectivity index (χ0v) is 16.0. The van der Waals surface area contributed by atoms with E-state index in [1.54, 1.807) is 12.1 Å². The molecule has 0 aromatic heterocycles. The molecule has 0 atom stereocenters. The summed E-state index contributed by atoms with van der Waals surface area (Å²) in [5.74, 6) is -0.971. The minimum atomic E-state index is -0.518. The van der Waals surface area contributed by atoms with Crippen LogP contribution in [0.3, 0.4) is 0 Å². The van der Waals surface area contributed by atoms with E-state index in [4.69, 9.17) is 11.6 Å². The van der Waals surface area contributed by atoms with Crippen LogP contribution >= 0.6 is 34.2 Å². The molecule has 1 aliphatic heterocycles. The summed E-state index contributed by atoms with van der Waals surface area (Å²) in [5, 5.41) is 2.91. The summed E-state index contributed by atoms with van der Waals surface area (Å²) in [5.41, 5.74) is 3.44. The lowest BCUT2D eigenvalue weighted by atomic mass is 10.1. The molecule has 4 nitrogen and oxygen atoms in total. The van der Waals surface area contributed by atoms with E-state index in [1.165, 1.54) is 0 Å². The van der Waals surface area contributed by atoms with E-state index < -0.39 is 11.8 Å². The fourth-order valence-electron chi connectivity index (χ4n) is 2.52. The van der Waals surface area contributed by atoms with E-state index in [-0.39, 0.29) is 10.7 Å². The molecule has 2 aromatic carbocycles. The number of anilines is 2. The molecule has 0 radical (unpaired) electrons. The number of nitrogens with one attached hydrogen (secondary N) is 1. The van der Waals surface area contributed by atoms with Crippen molar-refractivity contribution in [3.8, 4) is 0 Å². The van der Waals surface area contributed by atoms with Crippen molar-refractivity contribution in [3.63, 3.8) is 0 Å². The highest BCUT2D eigenvalue weighted by Crippen LogP contribution is 2.31. The third-order valence-corrected chi connectivity index (χ3v) is 4.82. The number of aryl methyl sites for hydroxylation is 2. The molecule has 0 bridgehead atoms. The van der Waals surface area contributed by atoms with Crippen molar-refractivity contribution in [2.24, 2.45) is 0 Å². The first kappa shape index (κ1) is 17.0. The van der Waals surface area contributed by atoms with Gasteiger partial charge >= 0.3 is 0 Å². The highest BCUT2D eigenvalue weighted by Gasteiger charge is 2.39. The number of benzene rings is 2. The van der Waals surface area contributed by atoms with Gasteiger partial charge in [-0.25, -0.2) is 4.90 Å². The molecule has 0 spiro atoms. The summed E-state index contributed by atoms with van der Waals surface area (Å²) in [6.07, 6.45) is 0.